The molecule has 21 heavy (non-hydrogen) atoms. The van der Waals surface area contributed by atoms with Crippen LogP contribution in [0, 0.1) is 5.92 Å². The first-order valence-corrected chi connectivity index (χ1v) is 8.40. The van der Waals surface area contributed by atoms with Gasteiger partial charge in [-0.25, -0.2) is 0 Å². The lowest BCUT2D eigenvalue weighted by molar-refractivity contribution is -0.144. The average Bonchev–Trinajstić information content (AvgIpc) is 3.10. The van der Waals surface area contributed by atoms with Crippen molar-refractivity contribution in [3.05, 3.63) is 0 Å². The first-order chi connectivity index (χ1) is 9.99. The quantitative estimate of drug-likeness (QED) is 0.820. The predicted molar refractivity (Wildman–Crippen MR) is 80.5 cm³/mol. The second kappa shape index (κ2) is 5.59. The number of carbonyl (C=O) groups is 2. The lowest BCUT2D eigenvalue weighted by Gasteiger charge is -2.39. The van der Waals surface area contributed by atoms with Crippen LogP contribution in [0.25, 0.3) is 0 Å². The number of amides is 2. The van der Waals surface area contributed by atoms with E-state index in [0.29, 0.717) is 18.5 Å². The Balaban J connectivity index is 1.68. The molecule has 3 atom stereocenters. The summed E-state index contributed by atoms with van der Waals surface area (Å²) >= 11 is 0. The summed E-state index contributed by atoms with van der Waals surface area (Å²) in [6, 6.07) is 0.0485. The molecule has 1 heterocycles. The molecule has 0 radical (unpaired) electrons. The van der Waals surface area contributed by atoms with E-state index in [0.717, 1.165) is 51.4 Å². The van der Waals surface area contributed by atoms with Gasteiger partial charge >= 0.3 is 0 Å². The second-order valence-electron chi connectivity index (χ2n) is 7.30. The number of carbonyl (C=O) groups excluding carboxylic acids is 2. The van der Waals surface area contributed by atoms with Gasteiger partial charge in [-0.15, -0.1) is 0 Å². The highest BCUT2D eigenvalue weighted by molar-refractivity contribution is 5.92. The summed E-state index contributed by atoms with van der Waals surface area (Å²) in [7, 11) is 0. The van der Waals surface area contributed by atoms with E-state index in [4.69, 9.17) is 5.73 Å². The Morgan fingerprint density at radius 3 is 2.62 bits per heavy atom. The maximum Gasteiger partial charge on any atom is 0.243 e. The third kappa shape index (κ3) is 3.07. The number of rotatable bonds is 3. The molecule has 0 aromatic heterocycles. The van der Waals surface area contributed by atoms with E-state index in [1.165, 1.54) is 0 Å². The van der Waals surface area contributed by atoms with Crippen LogP contribution in [0.4, 0.5) is 0 Å². The van der Waals surface area contributed by atoms with Gasteiger partial charge in [-0.05, 0) is 44.4 Å². The molecule has 0 aromatic carbocycles. The zero-order chi connectivity index (χ0) is 15.0. The molecule has 3 N–H and O–H groups in total. The Morgan fingerprint density at radius 1 is 1.19 bits per heavy atom. The molecule has 3 unspecified atom stereocenters. The number of nitrogens with two attached hydrogens (primary N) is 1. The molecule has 1 saturated heterocycles. The smallest absolute Gasteiger partial charge is 0.243 e. The molecule has 5 heteroatoms. The van der Waals surface area contributed by atoms with Crippen LogP contribution in [0.5, 0.6) is 0 Å². The van der Waals surface area contributed by atoms with E-state index in [2.05, 4.69) is 12.2 Å². The molecule has 5 nitrogen and oxygen atoms in total. The summed E-state index contributed by atoms with van der Waals surface area (Å²) in [6.07, 6.45) is 7.49. The molecule has 2 saturated carbocycles. The van der Waals surface area contributed by atoms with Crippen LogP contribution in [0.2, 0.25) is 0 Å². The molecule has 1 aliphatic heterocycles. The number of hydrogen-bond donors (Lipinski definition) is 2. The van der Waals surface area contributed by atoms with Gasteiger partial charge in [-0.3, -0.25) is 9.59 Å². The van der Waals surface area contributed by atoms with Crippen LogP contribution in [-0.2, 0) is 9.59 Å². The number of nitrogens with one attached hydrogen (secondary N) is 1. The van der Waals surface area contributed by atoms with Crippen molar-refractivity contribution in [3.63, 3.8) is 0 Å². The van der Waals surface area contributed by atoms with Crippen molar-refractivity contribution >= 4 is 11.8 Å². The Kier molecular flexibility index (Phi) is 3.95. The molecule has 3 rings (SSSR count). The third-order valence-corrected chi connectivity index (χ3v) is 5.20. The second-order valence-corrected chi connectivity index (χ2v) is 7.30. The molecular weight excluding hydrogens is 266 g/mol. The van der Waals surface area contributed by atoms with Gasteiger partial charge in [0, 0.05) is 12.6 Å². The van der Waals surface area contributed by atoms with Crippen molar-refractivity contribution in [3.8, 4) is 0 Å². The number of likely N-dealkylation sites (tertiary alicyclic amines) is 1. The average molecular weight is 293 g/mol. The Hall–Kier alpha value is -1.10. The lowest BCUT2D eigenvalue weighted by Crippen LogP contribution is -2.60. The van der Waals surface area contributed by atoms with Gasteiger partial charge in [0.1, 0.15) is 6.04 Å². The normalized spacial score (nSPS) is 36.6. The van der Waals surface area contributed by atoms with Crippen LogP contribution in [0.15, 0.2) is 0 Å². The van der Waals surface area contributed by atoms with E-state index in [1.54, 1.807) is 4.90 Å². The van der Waals surface area contributed by atoms with Crippen molar-refractivity contribution in [1.82, 2.24) is 10.2 Å². The Morgan fingerprint density at radius 2 is 1.95 bits per heavy atom. The van der Waals surface area contributed by atoms with Gasteiger partial charge in [-0.2, -0.15) is 0 Å². The molecule has 2 aliphatic carbocycles. The van der Waals surface area contributed by atoms with Crippen LogP contribution in [-0.4, -0.2) is 40.9 Å². The highest BCUT2D eigenvalue weighted by Gasteiger charge is 2.45. The van der Waals surface area contributed by atoms with Crippen molar-refractivity contribution in [2.24, 2.45) is 11.7 Å². The number of hydrogen-bond acceptors (Lipinski definition) is 3. The summed E-state index contributed by atoms with van der Waals surface area (Å²) in [4.78, 5) is 27.0. The van der Waals surface area contributed by atoms with Gasteiger partial charge in [0.2, 0.25) is 11.8 Å². The zero-order valence-electron chi connectivity index (χ0n) is 12.9. The third-order valence-electron chi connectivity index (χ3n) is 5.20. The first kappa shape index (κ1) is 14.8. The van der Waals surface area contributed by atoms with Crippen molar-refractivity contribution in [1.29, 1.82) is 0 Å². The molecule has 0 aromatic rings. The minimum absolute atomic E-state index is 0.00231. The molecule has 3 aliphatic rings. The summed E-state index contributed by atoms with van der Waals surface area (Å²) in [5, 5.41) is 3.03. The van der Waals surface area contributed by atoms with Crippen LogP contribution in [0.1, 0.15) is 58.3 Å². The fourth-order valence-electron chi connectivity index (χ4n) is 3.88. The Bertz CT molecular complexity index is 435. The van der Waals surface area contributed by atoms with E-state index in [-0.39, 0.29) is 17.9 Å². The SMILES string of the molecule is CC1CCCC(N)(C(=O)N2CCCC2C(=O)NC2CC2)C1. The molecular formula is C16H27N3O2. The van der Waals surface area contributed by atoms with Gasteiger partial charge in [0.25, 0.3) is 0 Å². The minimum atomic E-state index is -0.750. The van der Waals surface area contributed by atoms with E-state index in [9.17, 15) is 9.59 Å². The highest BCUT2D eigenvalue weighted by atomic mass is 16.2. The summed E-state index contributed by atoms with van der Waals surface area (Å²) in [5.74, 6) is 0.521. The lowest BCUT2D eigenvalue weighted by atomic mass is 9.76. The molecule has 118 valence electrons. The minimum Gasteiger partial charge on any atom is -0.352 e. The van der Waals surface area contributed by atoms with Crippen molar-refractivity contribution < 1.29 is 9.59 Å². The maximum atomic E-state index is 12.9. The maximum absolute atomic E-state index is 12.9. The van der Waals surface area contributed by atoms with Gasteiger partial charge in [0.05, 0.1) is 5.54 Å². The standard InChI is InChI=1S/C16H27N3O2/c1-11-4-2-8-16(17,10-11)15(21)19-9-3-5-13(19)14(20)18-12-6-7-12/h11-13H,2-10,17H2,1H3,(H,18,20). The van der Waals surface area contributed by atoms with Crippen molar-refractivity contribution in [2.75, 3.05) is 6.54 Å². The monoisotopic (exact) mass is 293 g/mol. The summed E-state index contributed by atoms with van der Waals surface area (Å²) < 4.78 is 0. The molecule has 3 fully saturated rings. The zero-order valence-corrected chi connectivity index (χ0v) is 12.9. The summed E-state index contributed by atoms with van der Waals surface area (Å²) in [6.45, 7) is 2.84. The van der Waals surface area contributed by atoms with Gasteiger partial charge < -0.3 is 16.0 Å². The summed E-state index contributed by atoms with van der Waals surface area (Å²) in [5.41, 5.74) is 5.68. The Labute approximate surface area is 126 Å². The van der Waals surface area contributed by atoms with Gasteiger partial charge in [0.15, 0.2) is 0 Å². The molecule has 2 amide bonds. The fraction of sp³-hybridized carbons (Fsp3) is 0.875. The van der Waals surface area contributed by atoms with Crippen LogP contribution in [0.3, 0.4) is 0 Å². The fourth-order valence-corrected chi connectivity index (χ4v) is 3.88. The number of nitrogens with zero attached hydrogens (tertiary/aromatic N) is 1. The van der Waals surface area contributed by atoms with E-state index in [1.807, 2.05) is 0 Å². The van der Waals surface area contributed by atoms with Crippen LogP contribution >= 0.6 is 0 Å². The highest BCUT2D eigenvalue weighted by Crippen LogP contribution is 2.34. The van der Waals surface area contributed by atoms with E-state index < -0.39 is 5.54 Å². The van der Waals surface area contributed by atoms with Gasteiger partial charge in [-0.1, -0.05) is 19.8 Å². The first-order valence-electron chi connectivity index (χ1n) is 8.40. The van der Waals surface area contributed by atoms with E-state index >= 15 is 0 Å². The topological polar surface area (TPSA) is 75.4 Å². The van der Waals surface area contributed by atoms with Crippen molar-refractivity contribution in [2.45, 2.75) is 75.9 Å². The molecule has 0 bridgehead atoms. The van der Waals surface area contributed by atoms with Crippen LogP contribution < -0.4 is 11.1 Å². The predicted octanol–water partition coefficient (Wildman–Crippen LogP) is 1.16. The molecule has 0 spiro atoms. The largest absolute Gasteiger partial charge is 0.352 e.